The maximum Gasteiger partial charge on any atom is 0.195 e. The second-order valence-electron chi connectivity index (χ2n) is 4.95. The van der Waals surface area contributed by atoms with Gasteiger partial charge in [-0.25, -0.2) is 4.99 Å². The SMILES string of the molecule is CCNC(=NCC(O)c1ccco1)Nc1ccc(OC)c(OC)c1.I. The number of rotatable bonds is 7. The largest absolute Gasteiger partial charge is 0.493 e. The lowest BCUT2D eigenvalue weighted by Gasteiger charge is -2.14. The minimum absolute atomic E-state index is 0. The number of benzene rings is 1. The Morgan fingerprint density at radius 3 is 2.60 bits per heavy atom. The van der Waals surface area contributed by atoms with Crippen molar-refractivity contribution in [1.29, 1.82) is 0 Å². The number of hydrogen-bond donors (Lipinski definition) is 3. The molecule has 0 aliphatic rings. The Morgan fingerprint density at radius 2 is 2.00 bits per heavy atom. The van der Waals surface area contributed by atoms with Gasteiger partial charge < -0.3 is 29.6 Å². The Labute approximate surface area is 164 Å². The molecule has 0 fully saturated rings. The number of nitrogens with zero attached hydrogens (tertiary/aromatic N) is 1. The highest BCUT2D eigenvalue weighted by molar-refractivity contribution is 14.0. The van der Waals surface area contributed by atoms with Crippen molar-refractivity contribution >= 4 is 35.6 Å². The van der Waals surface area contributed by atoms with Gasteiger partial charge in [0.2, 0.25) is 0 Å². The molecule has 2 aromatic rings. The molecule has 1 atom stereocenters. The van der Waals surface area contributed by atoms with Crippen LogP contribution in [0.1, 0.15) is 18.8 Å². The highest BCUT2D eigenvalue weighted by Crippen LogP contribution is 2.29. The van der Waals surface area contributed by atoms with Crippen molar-refractivity contribution in [3.8, 4) is 11.5 Å². The van der Waals surface area contributed by atoms with Gasteiger partial charge >= 0.3 is 0 Å². The Morgan fingerprint density at radius 1 is 1.24 bits per heavy atom. The number of aliphatic imine (C=N–C) groups is 1. The van der Waals surface area contributed by atoms with E-state index in [0.29, 0.717) is 29.8 Å². The summed E-state index contributed by atoms with van der Waals surface area (Å²) in [5.41, 5.74) is 0.792. The Kier molecular flexibility index (Phi) is 9.14. The van der Waals surface area contributed by atoms with E-state index in [4.69, 9.17) is 13.9 Å². The third kappa shape index (κ3) is 6.13. The summed E-state index contributed by atoms with van der Waals surface area (Å²) in [5.74, 6) is 2.31. The minimum atomic E-state index is -0.791. The predicted molar refractivity (Wildman–Crippen MR) is 108 cm³/mol. The molecule has 8 heteroatoms. The lowest BCUT2D eigenvalue weighted by atomic mass is 10.2. The summed E-state index contributed by atoms with van der Waals surface area (Å²) in [6.07, 6.45) is 0.732. The van der Waals surface area contributed by atoms with Gasteiger partial charge in [0, 0.05) is 18.3 Å². The van der Waals surface area contributed by atoms with E-state index in [1.165, 1.54) is 6.26 Å². The molecule has 3 N–H and O–H groups in total. The van der Waals surface area contributed by atoms with E-state index in [9.17, 15) is 5.11 Å². The van der Waals surface area contributed by atoms with Gasteiger partial charge in [0.1, 0.15) is 11.9 Å². The zero-order valence-corrected chi connectivity index (χ0v) is 16.8. The Balaban J connectivity index is 0.00000312. The van der Waals surface area contributed by atoms with E-state index >= 15 is 0 Å². The molecule has 0 spiro atoms. The number of furan rings is 1. The number of aliphatic hydroxyl groups is 1. The predicted octanol–water partition coefficient (Wildman–Crippen LogP) is 3.03. The van der Waals surface area contributed by atoms with Gasteiger partial charge in [0.15, 0.2) is 17.5 Å². The van der Waals surface area contributed by atoms with Crippen LogP contribution in [-0.4, -0.2) is 38.4 Å². The highest BCUT2D eigenvalue weighted by Gasteiger charge is 2.11. The third-order valence-electron chi connectivity index (χ3n) is 3.28. The zero-order chi connectivity index (χ0) is 17.4. The molecule has 2 rings (SSSR count). The minimum Gasteiger partial charge on any atom is -0.493 e. The first-order valence-corrected chi connectivity index (χ1v) is 7.66. The van der Waals surface area contributed by atoms with Crippen LogP contribution in [-0.2, 0) is 0 Å². The van der Waals surface area contributed by atoms with Crippen molar-refractivity contribution < 1.29 is 19.0 Å². The molecule has 1 aromatic heterocycles. The van der Waals surface area contributed by atoms with Crippen LogP contribution in [0.25, 0.3) is 0 Å². The molecule has 0 bridgehead atoms. The molecule has 0 saturated heterocycles. The van der Waals surface area contributed by atoms with Gasteiger partial charge in [0.25, 0.3) is 0 Å². The van der Waals surface area contributed by atoms with Gasteiger partial charge in [-0.2, -0.15) is 0 Å². The molecule has 1 heterocycles. The van der Waals surface area contributed by atoms with E-state index in [2.05, 4.69) is 15.6 Å². The summed E-state index contributed by atoms with van der Waals surface area (Å²) in [5, 5.41) is 16.3. The highest BCUT2D eigenvalue weighted by atomic mass is 127. The quantitative estimate of drug-likeness (QED) is 0.334. The van der Waals surface area contributed by atoms with Gasteiger partial charge in [-0.05, 0) is 31.2 Å². The molecule has 0 amide bonds. The van der Waals surface area contributed by atoms with Crippen molar-refractivity contribution in [2.24, 2.45) is 4.99 Å². The summed E-state index contributed by atoms with van der Waals surface area (Å²) < 4.78 is 15.7. The second-order valence-corrected chi connectivity index (χ2v) is 4.95. The molecule has 0 aliphatic carbocycles. The molecule has 1 unspecified atom stereocenters. The first-order chi connectivity index (χ1) is 11.7. The van der Waals surface area contributed by atoms with E-state index in [1.54, 1.807) is 26.4 Å². The number of anilines is 1. The van der Waals surface area contributed by atoms with Gasteiger partial charge in [-0.15, -0.1) is 24.0 Å². The average molecular weight is 461 g/mol. The van der Waals surface area contributed by atoms with Crippen molar-refractivity contribution in [1.82, 2.24) is 5.32 Å². The Bertz CT molecular complexity index is 662. The lowest BCUT2D eigenvalue weighted by molar-refractivity contribution is 0.158. The monoisotopic (exact) mass is 461 g/mol. The third-order valence-corrected chi connectivity index (χ3v) is 3.28. The first kappa shape index (κ1) is 21.1. The molecular weight excluding hydrogens is 437 g/mol. The number of guanidine groups is 1. The summed E-state index contributed by atoms with van der Waals surface area (Å²) in [7, 11) is 3.17. The number of ether oxygens (including phenoxy) is 2. The molecule has 138 valence electrons. The number of methoxy groups -OCH3 is 2. The van der Waals surface area contributed by atoms with E-state index in [0.717, 1.165) is 5.69 Å². The lowest BCUT2D eigenvalue weighted by Crippen LogP contribution is -2.31. The van der Waals surface area contributed by atoms with E-state index in [-0.39, 0.29) is 30.5 Å². The van der Waals surface area contributed by atoms with Crippen molar-refractivity contribution in [2.75, 3.05) is 32.6 Å². The number of nitrogens with one attached hydrogen (secondary N) is 2. The van der Waals surface area contributed by atoms with Gasteiger partial charge in [-0.1, -0.05) is 0 Å². The molecule has 7 nitrogen and oxygen atoms in total. The molecule has 0 radical (unpaired) electrons. The summed E-state index contributed by atoms with van der Waals surface area (Å²) >= 11 is 0. The van der Waals surface area contributed by atoms with Crippen LogP contribution in [0.2, 0.25) is 0 Å². The zero-order valence-electron chi connectivity index (χ0n) is 14.5. The molecular formula is C17H24IN3O4. The van der Waals surface area contributed by atoms with Crippen LogP contribution in [0.15, 0.2) is 46.0 Å². The fraction of sp³-hybridized carbons (Fsp3) is 0.353. The van der Waals surface area contributed by atoms with Crippen LogP contribution >= 0.6 is 24.0 Å². The fourth-order valence-electron chi connectivity index (χ4n) is 2.11. The smallest absolute Gasteiger partial charge is 0.195 e. The molecule has 1 aromatic carbocycles. The maximum absolute atomic E-state index is 10.1. The van der Waals surface area contributed by atoms with Gasteiger partial charge in [-0.3, -0.25) is 0 Å². The van der Waals surface area contributed by atoms with Gasteiger partial charge in [0.05, 0.1) is 27.0 Å². The molecule has 0 aliphatic heterocycles. The second kappa shape index (κ2) is 10.8. The summed E-state index contributed by atoms with van der Waals surface area (Å²) in [6, 6.07) is 8.93. The topological polar surface area (TPSA) is 88.3 Å². The number of halogens is 1. The molecule has 25 heavy (non-hydrogen) atoms. The molecule has 0 saturated carbocycles. The van der Waals surface area contributed by atoms with Crippen molar-refractivity contribution in [3.63, 3.8) is 0 Å². The van der Waals surface area contributed by atoms with Crippen molar-refractivity contribution in [2.45, 2.75) is 13.0 Å². The van der Waals surface area contributed by atoms with Crippen LogP contribution in [0.4, 0.5) is 5.69 Å². The van der Waals surface area contributed by atoms with Crippen LogP contribution in [0.3, 0.4) is 0 Å². The van der Waals surface area contributed by atoms with E-state index in [1.807, 2.05) is 25.1 Å². The Hall–Kier alpha value is -1.94. The standard InChI is InChI=1S/C17H23N3O4.HI/c1-4-18-17(19-11-13(21)14-6-5-9-24-14)20-12-7-8-15(22-2)16(10-12)23-3;/h5-10,13,21H,4,11H2,1-3H3,(H2,18,19,20);1H. The summed E-state index contributed by atoms with van der Waals surface area (Å²) in [6.45, 7) is 2.83. The van der Waals surface area contributed by atoms with E-state index < -0.39 is 6.10 Å². The van der Waals surface area contributed by atoms with Crippen LogP contribution in [0, 0.1) is 0 Å². The van der Waals surface area contributed by atoms with Crippen molar-refractivity contribution in [3.05, 3.63) is 42.4 Å². The normalized spacial score (nSPS) is 12.1. The van der Waals surface area contributed by atoms with Crippen LogP contribution < -0.4 is 20.1 Å². The van der Waals surface area contributed by atoms with Crippen LogP contribution in [0.5, 0.6) is 11.5 Å². The average Bonchev–Trinajstić information content (AvgIpc) is 3.14. The first-order valence-electron chi connectivity index (χ1n) is 7.66. The number of hydrogen-bond acceptors (Lipinski definition) is 5. The summed E-state index contributed by atoms with van der Waals surface area (Å²) in [4.78, 5) is 4.38. The number of aliphatic hydroxyl groups excluding tert-OH is 1. The fourth-order valence-corrected chi connectivity index (χ4v) is 2.11. The maximum atomic E-state index is 10.1.